The Labute approximate surface area is 172 Å². The third kappa shape index (κ3) is 5.49. The number of nitrogens with zero attached hydrogens (tertiary/aromatic N) is 1. The van der Waals surface area contributed by atoms with Crippen molar-refractivity contribution >= 4 is 17.5 Å². The van der Waals surface area contributed by atoms with E-state index in [1.807, 2.05) is 44.2 Å². The number of hydrogen-bond donors (Lipinski definition) is 1. The molecule has 0 aliphatic carbocycles. The van der Waals surface area contributed by atoms with Crippen molar-refractivity contribution in [1.82, 2.24) is 10.2 Å². The minimum atomic E-state index is -0.100. The minimum absolute atomic E-state index is 0.0254. The SMILES string of the molecule is Cc1cccc(OCC(=O)NCC(c2ccc(Cl)cc2)N2CCCCC2)c1C. The number of hydrogen-bond acceptors (Lipinski definition) is 3. The summed E-state index contributed by atoms with van der Waals surface area (Å²) in [7, 11) is 0. The minimum Gasteiger partial charge on any atom is -0.483 e. The first-order chi connectivity index (χ1) is 13.5. The maximum Gasteiger partial charge on any atom is 0.258 e. The number of amides is 1. The number of benzene rings is 2. The lowest BCUT2D eigenvalue weighted by atomic mass is 10.0. The van der Waals surface area contributed by atoms with Gasteiger partial charge in [0.1, 0.15) is 5.75 Å². The number of piperidine rings is 1. The Balaban J connectivity index is 1.60. The molecule has 1 N–H and O–H groups in total. The van der Waals surface area contributed by atoms with Gasteiger partial charge in [-0.15, -0.1) is 0 Å². The van der Waals surface area contributed by atoms with Gasteiger partial charge in [0, 0.05) is 11.6 Å². The van der Waals surface area contributed by atoms with Gasteiger partial charge in [-0.05, 0) is 74.7 Å². The fraction of sp³-hybridized carbons (Fsp3) is 0.435. The molecule has 0 saturated carbocycles. The van der Waals surface area contributed by atoms with Crippen LogP contribution in [-0.4, -0.2) is 37.0 Å². The standard InChI is InChI=1S/C23H29ClN2O2/c1-17-7-6-8-22(18(17)2)28-16-23(27)25-15-21(26-13-4-3-5-14-26)19-9-11-20(24)12-10-19/h6-12,21H,3-5,13-16H2,1-2H3,(H,25,27). The van der Waals surface area contributed by atoms with Crippen LogP contribution in [0.25, 0.3) is 0 Å². The van der Waals surface area contributed by atoms with Gasteiger partial charge in [-0.2, -0.15) is 0 Å². The lowest BCUT2D eigenvalue weighted by molar-refractivity contribution is -0.123. The summed E-state index contributed by atoms with van der Waals surface area (Å²) in [5.74, 6) is 0.664. The van der Waals surface area contributed by atoms with Gasteiger partial charge in [0.05, 0.1) is 6.04 Å². The molecule has 1 fully saturated rings. The van der Waals surface area contributed by atoms with Crippen molar-refractivity contribution < 1.29 is 9.53 Å². The third-order valence-corrected chi connectivity index (χ3v) is 5.74. The van der Waals surface area contributed by atoms with Crippen LogP contribution in [-0.2, 0) is 4.79 Å². The topological polar surface area (TPSA) is 41.6 Å². The van der Waals surface area contributed by atoms with Gasteiger partial charge < -0.3 is 10.1 Å². The fourth-order valence-electron chi connectivity index (χ4n) is 3.66. The molecule has 5 heteroatoms. The number of rotatable bonds is 7. The second kappa shape index (κ2) is 9.94. The zero-order valence-corrected chi connectivity index (χ0v) is 17.5. The molecule has 0 aromatic heterocycles. The molecule has 1 atom stereocenters. The second-order valence-corrected chi connectivity index (χ2v) is 7.89. The summed E-state index contributed by atoms with van der Waals surface area (Å²) in [6.07, 6.45) is 3.68. The number of ether oxygens (including phenoxy) is 1. The summed E-state index contributed by atoms with van der Waals surface area (Å²) in [6.45, 7) is 6.76. The second-order valence-electron chi connectivity index (χ2n) is 7.45. The molecule has 2 aromatic rings. The van der Waals surface area contributed by atoms with Gasteiger partial charge in [-0.25, -0.2) is 0 Å². The van der Waals surface area contributed by atoms with Crippen molar-refractivity contribution in [2.24, 2.45) is 0 Å². The molecule has 3 rings (SSSR count). The maximum atomic E-state index is 12.4. The van der Waals surface area contributed by atoms with Crippen molar-refractivity contribution in [1.29, 1.82) is 0 Å². The first-order valence-electron chi connectivity index (χ1n) is 10.00. The van der Waals surface area contributed by atoms with E-state index in [0.29, 0.717) is 6.54 Å². The summed E-state index contributed by atoms with van der Waals surface area (Å²) >= 11 is 6.05. The van der Waals surface area contributed by atoms with Crippen molar-refractivity contribution in [2.45, 2.75) is 39.2 Å². The number of likely N-dealkylation sites (tertiary alicyclic amines) is 1. The lowest BCUT2D eigenvalue weighted by Crippen LogP contribution is -2.41. The van der Waals surface area contributed by atoms with Crippen LogP contribution >= 0.6 is 11.6 Å². The molecule has 28 heavy (non-hydrogen) atoms. The summed E-state index contributed by atoms with van der Waals surface area (Å²) in [4.78, 5) is 14.9. The number of nitrogens with one attached hydrogen (secondary N) is 1. The van der Waals surface area contributed by atoms with E-state index in [2.05, 4.69) is 22.3 Å². The summed E-state index contributed by atoms with van der Waals surface area (Å²) in [5.41, 5.74) is 3.41. The molecule has 1 unspecified atom stereocenters. The normalized spacial score (nSPS) is 15.8. The Bertz CT molecular complexity index is 786. The Morgan fingerprint density at radius 2 is 1.82 bits per heavy atom. The summed E-state index contributed by atoms with van der Waals surface area (Å²) in [5, 5.41) is 3.79. The predicted molar refractivity (Wildman–Crippen MR) is 114 cm³/mol. The molecule has 1 saturated heterocycles. The largest absolute Gasteiger partial charge is 0.483 e. The Morgan fingerprint density at radius 1 is 1.11 bits per heavy atom. The van der Waals surface area contributed by atoms with Gasteiger partial charge in [0.25, 0.3) is 5.91 Å². The van der Waals surface area contributed by atoms with Crippen molar-refractivity contribution in [3.8, 4) is 5.75 Å². The number of aryl methyl sites for hydroxylation is 1. The van der Waals surface area contributed by atoms with E-state index in [0.717, 1.165) is 35.0 Å². The van der Waals surface area contributed by atoms with E-state index in [1.54, 1.807) is 0 Å². The lowest BCUT2D eigenvalue weighted by Gasteiger charge is -2.35. The molecule has 0 bridgehead atoms. The maximum absolute atomic E-state index is 12.4. The van der Waals surface area contributed by atoms with E-state index in [-0.39, 0.29) is 18.6 Å². The molecule has 150 valence electrons. The van der Waals surface area contributed by atoms with Gasteiger partial charge in [0.15, 0.2) is 6.61 Å². The van der Waals surface area contributed by atoms with Crippen LogP contribution < -0.4 is 10.1 Å². The van der Waals surface area contributed by atoms with E-state index in [9.17, 15) is 4.79 Å². The number of carbonyl (C=O) groups is 1. The van der Waals surface area contributed by atoms with Gasteiger partial charge in [-0.1, -0.05) is 42.3 Å². The highest BCUT2D eigenvalue weighted by Crippen LogP contribution is 2.25. The molecule has 1 aliphatic rings. The number of carbonyl (C=O) groups excluding carboxylic acids is 1. The smallest absolute Gasteiger partial charge is 0.258 e. The van der Waals surface area contributed by atoms with Crippen molar-refractivity contribution in [3.63, 3.8) is 0 Å². The highest BCUT2D eigenvalue weighted by Gasteiger charge is 2.23. The fourth-order valence-corrected chi connectivity index (χ4v) is 3.78. The average molecular weight is 401 g/mol. The van der Waals surface area contributed by atoms with Crippen molar-refractivity contribution in [2.75, 3.05) is 26.2 Å². The zero-order chi connectivity index (χ0) is 19.9. The summed E-state index contributed by atoms with van der Waals surface area (Å²) < 4.78 is 5.74. The van der Waals surface area contributed by atoms with Gasteiger partial charge >= 0.3 is 0 Å². The average Bonchev–Trinajstić information content (AvgIpc) is 2.71. The van der Waals surface area contributed by atoms with E-state index < -0.39 is 0 Å². The highest BCUT2D eigenvalue weighted by atomic mass is 35.5. The van der Waals surface area contributed by atoms with Gasteiger partial charge in [0.2, 0.25) is 0 Å². The van der Waals surface area contributed by atoms with Crippen LogP contribution in [0.3, 0.4) is 0 Å². The molecule has 4 nitrogen and oxygen atoms in total. The van der Waals surface area contributed by atoms with E-state index in [4.69, 9.17) is 16.3 Å². The third-order valence-electron chi connectivity index (χ3n) is 5.49. The Hall–Kier alpha value is -2.04. The molecule has 1 aliphatic heterocycles. The van der Waals surface area contributed by atoms with E-state index >= 15 is 0 Å². The van der Waals surface area contributed by atoms with Gasteiger partial charge in [-0.3, -0.25) is 9.69 Å². The first-order valence-corrected chi connectivity index (χ1v) is 10.4. The molecule has 2 aromatic carbocycles. The molecular weight excluding hydrogens is 372 g/mol. The van der Waals surface area contributed by atoms with Crippen LogP contribution in [0.1, 0.15) is 42.0 Å². The predicted octanol–water partition coefficient (Wildman–Crippen LogP) is 4.68. The van der Waals surface area contributed by atoms with Crippen LogP contribution in [0.2, 0.25) is 5.02 Å². The van der Waals surface area contributed by atoms with Crippen molar-refractivity contribution in [3.05, 3.63) is 64.2 Å². The monoisotopic (exact) mass is 400 g/mol. The highest BCUT2D eigenvalue weighted by molar-refractivity contribution is 6.30. The summed E-state index contributed by atoms with van der Waals surface area (Å²) in [6, 6.07) is 14.0. The molecule has 0 radical (unpaired) electrons. The van der Waals surface area contributed by atoms with Crippen LogP contribution in [0.5, 0.6) is 5.75 Å². The van der Waals surface area contributed by atoms with E-state index in [1.165, 1.54) is 24.8 Å². The van der Waals surface area contributed by atoms with Crippen LogP contribution in [0, 0.1) is 13.8 Å². The van der Waals surface area contributed by atoms with Crippen LogP contribution in [0.15, 0.2) is 42.5 Å². The van der Waals surface area contributed by atoms with Crippen LogP contribution in [0.4, 0.5) is 0 Å². The molecule has 1 amide bonds. The first kappa shape index (κ1) is 20.7. The zero-order valence-electron chi connectivity index (χ0n) is 16.7. The number of halogens is 1. The molecular formula is C23H29ClN2O2. The Kier molecular flexibility index (Phi) is 7.35. The quantitative estimate of drug-likeness (QED) is 0.733. The molecule has 1 heterocycles. The Morgan fingerprint density at radius 3 is 2.54 bits per heavy atom. The molecule has 0 spiro atoms.